The second kappa shape index (κ2) is 6.34. The summed E-state index contributed by atoms with van der Waals surface area (Å²) in [5.74, 6) is 1.14. The Bertz CT molecular complexity index is 908. The molecule has 1 aliphatic heterocycles. The maximum Gasteiger partial charge on any atom is 0.146 e. The summed E-state index contributed by atoms with van der Waals surface area (Å²) >= 11 is 0. The number of aryl methyl sites for hydroxylation is 1. The summed E-state index contributed by atoms with van der Waals surface area (Å²) < 4.78 is 13.2. The molecule has 7 nitrogen and oxygen atoms in total. The highest BCUT2D eigenvalue weighted by Crippen LogP contribution is 2.31. The third kappa shape index (κ3) is 3.16. The first-order chi connectivity index (χ1) is 12.1. The van der Waals surface area contributed by atoms with E-state index in [0.717, 1.165) is 22.3 Å². The number of hydrogen-bond acceptors (Lipinski definition) is 6. The SMILES string of the molecule is Cc1cc(-c2ccn3nc(N)cc3c2)c(OC[C@H]2OCC[C@@H]2O)cn1. The molecule has 1 fully saturated rings. The summed E-state index contributed by atoms with van der Waals surface area (Å²) in [6, 6.07) is 7.77. The van der Waals surface area contributed by atoms with Gasteiger partial charge in [-0.25, -0.2) is 4.52 Å². The number of aliphatic hydroxyl groups excluding tert-OH is 1. The maximum absolute atomic E-state index is 9.88. The lowest BCUT2D eigenvalue weighted by Crippen LogP contribution is -2.28. The van der Waals surface area contributed by atoms with Gasteiger partial charge in [-0.05, 0) is 37.1 Å². The van der Waals surface area contributed by atoms with Gasteiger partial charge in [0.1, 0.15) is 24.3 Å². The van der Waals surface area contributed by atoms with Crippen molar-refractivity contribution in [3.05, 3.63) is 42.4 Å². The van der Waals surface area contributed by atoms with Crippen molar-refractivity contribution in [1.29, 1.82) is 0 Å². The fraction of sp³-hybridized carbons (Fsp3) is 0.333. The fourth-order valence-corrected chi connectivity index (χ4v) is 3.04. The molecule has 0 aliphatic carbocycles. The minimum atomic E-state index is -0.479. The molecular weight excluding hydrogens is 320 g/mol. The Morgan fingerprint density at radius 3 is 3.08 bits per heavy atom. The van der Waals surface area contributed by atoms with Gasteiger partial charge in [0, 0.05) is 30.1 Å². The van der Waals surface area contributed by atoms with E-state index >= 15 is 0 Å². The van der Waals surface area contributed by atoms with Gasteiger partial charge in [0.05, 0.1) is 17.8 Å². The van der Waals surface area contributed by atoms with E-state index in [-0.39, 0.29) is 6.10 Å². The van der Waals surface area contributed by atoms with Gasteiger partial charge in [-0.3, -0.25) is 4.98 Å². The predicted molar refractivity (Wildman–Crippen MR) is 93.4 cm³/mol. The first kappa shape index (κ1) is 15.9. The molecule has 0 amide bonds. The molecule has 0 saturated carbocycles. The lowest BCUT2D eigenvalue weighted by molar-refractivity contribution is 0.0110. The summed E-state index contributed by atoms with van der Waals surface area (Å²) in [7, 11) is 0. The van der Waals surface area contributed by atoms with Crippen LogP contribution in [0.25, 0.3) is 16.6 Å². The van der Waals surface area contributed by atoms with Crippen LogP contribution in [0.3, 0.4) is 0 Å². The molecule has 25 heavy (non-hydrogen) atoms. The molecule has 0 bridgehead atoms. The van der Waals surface area contributed by atoms with Crippen LogP contribution in [-0.4, -0.2) is 45.1 Å². The maximum atomic E-state index is 9.88. The third-order valence-corrected chi connectivity index (χ3v) is 4.38. The minimum absolute atomic E-state index is 0.292. The van der Waals surface area contributed by atoms with Gasteiger partial charge in [-0.1, -0.05) is 0 Å². The van der Waals surface area contributed by atoms with Crippen molar-refractivity contribution in [3.8, 4) is 16.9 Å². The van der Waals surface area contributed by atoms with Crippen molar-refractivity contribution in [3.63, 3.8) is 0 Å². The quantitative estimate of drug-likeness (QED) is 0.752. The number of hydrogen-bond donors (Lipinski definition) is 2. The fourth-order valence-electron chi connectivity index (χ4n) is 3.04. The van der Waals surface area contributed by atoms with Crippen LogP contribution >= 0.6 is 0 Å². The molecular formula is C18H20N4O3. The van der Waals surface area contributed by atoms with E-state index in [0.29, 0.717) is 31.2 Å². The summed E-state index contributed by atoms with van der Waals surface area (Å²) in [4.78, 5) is 4.33. The zero-order valence-electron chi connectivity index (χ0n) is 13.9. The van der Waals surface area contributed by atoms with E-state index in [1.54, 1.807) is 10.7 Å². The number of nitrogen functional groups attached to an aromatic ring is 1. The molecule has 0 unspecified atom stereocenters. The first-order valence-electron chi connectivity index (χ1n) is 8.24. The molecule has 4 rings (SSSR count). The van der Waals surface area contributed by atoms with Gasteiger partial charge in [0.25, 0.3) is 0 Å². The van der Waals surface area contributed by atoms with Crippen molar-refractivity contribution in [2.24, 2.45) is 0 Å². The zero-order valence-corrected chi connectivity index (χ0v) is 13.9. The zero-order chi connectivity index (χ0) is 17.4. The highest BCUT2D eigenvalue weighted by atomic mass is 16.5. The Kier molecular flexibility index (Phi) is 4.03. The number of nitrogens with two attached hydrogens (primary N) is 1. The van der Waals surface area contributed by atoms with Gasteiger partial charge < -0.3 is 20.3 Å². The lowest BCUT2D eigenvalue weighted by atomic mass is 10.1. The molecule has 7 heteroatoms. The van der Waals surface area contributed by atoms with Crippen LogP contribution in [0.1, 0.15) is 12.1 Å². The topological polar surface area (TPSA) is 94.9 Å². The standard InChI is InChI=1S/C18H20N4O3/c1-11-6-14(12-2-4-22-13(7-12)8-18(19)21-22)16(9-20-11)25-10-17-15(23)3-5-24-17/h2,4,6-9,15,17,23H,3,5,10H2,1H3,(H2,19,21)/t15-,17+/m0/s1. The van der Waals surface area contributed by atoms with E-state index in [9.17, 15) is 5.11 Å². The molecule has 1 saturated heterocycles. The molecule has 0 spiro atoms. The van der Waals surface area contributed by atoms with Crippen molar-refractivity contribution in [2.75, 3.05) is 18.9 Å². The van der Waals surface area contributed by atoms with Crippen LogP contribution in [0.15, 0.2) is 36.7 Å². The second-order valence-electron chi connectivity index (χ2n) is 6.25. The van der Waals surface area contributed by atoms with Gasteiger partial charge in [0.2, 0.25) is 0 Å². The van der Waals surface area contributed by atoms with Crippen LogP contribution in [-0.2, 0) is 4.74 Å². The highest BCUT2D eigenvalue weighted by molar-refractivity contribution is 5.74. The number of nitrogens with zero attached hydrogens (tertiary/aromatic N) is 3. The normalized spacial score (nSPS) is 20.2. The Labute approximate surface area is 145 Å². The van der Waals surface area contributed by atoms with E-state index in [2.05, 4.69) is 10.1 Å². The van der Waals surface area contributed by atoms with Crippen LogP contribution in [0.4, 0.5) is 5.82 Å². The van der Waals surface area contributed by atoms with Gasteiger partial charge in [-0.15, -0.1) is 0 Å². The highest BCUT2D eigenvalue weighted by Gasteiger charge is 2.27. The molecule has 1 aliphatic rings. The average molecular weight is 340 g/mol. The largest absolute Gasteiger partial charge is 0.489 e. The molecule has 3 aromatic rings. The predicted octanol–water partition coefficient (Wildman–Crippen LogP) is 1.82. The molecule has 0 aromatic carbocycles. The van der Waals surface area contributed by atoms with Gasteiger partial charge in [0.15, 0.2) is 0 Å². The van der Waals surface area contributed by atoms with E-state index in [1.165, 1.54) is 0 Å². The number of rotatable bonds is 4. The summed E-state index contributed by atoms with van der Waals surface area (Å²) in [6.45, 7) is 2.79. The lowest BCUT2D eigenvalue weighted by Gasteiger charge is -2.17. The van der Waals surface area contributed by atoms with E-state index in [4.69, 9.17) is 15.2 Å². The van der Waals surface area contributed by atoms with Crippen molar-refractivity contribution in [2.45, 2.75) is 25.6 Å². The molecule has 4 heterocycles. The summed E-state index contributed by atoms with van der Waals surface area (Å²) in [5.41, 5.74) is 9.48. The minimum Gasteiger partial charge on any atom is -0.489 e. The Morgan fingerprint density at radius 1 is 1.40 bits per heavy atom. The Balaban J connectivity index is 1.66. The Hall–Kier alpha value is -2.64. The number of pyridine rings is 2. The van der Waals surface area contributed by atoms with Gasteiger partial charge >= 0.3 is 0 Å². The van der Waals surface area contributed by atoms with Crippen molar-refractivity contribution < 1.29 is 14.6 Å². The smallest absolute Gasteiger partial charge is 0.146 e. The number of ether oxygens (including phenoxy) is 2. The molecule has 0 radical (unpaired) electrons. The van der Waals surface area contributed by atoms with Crippen molar-refractivity contribution in [1.82, 2.24) is 14.6 Å². The van der Waals surface area contributed by atoms with Gasteiger partial charge in [-0.2, -0.15) is 5.10 Å². The van der Waals surface area contributed by atoms with Crippen LogP contribution in [0.2, 0.25) is 0 Å². The first-order valence-corrected chi connectivity index (χ1v) is 8.24. The Morgan fingerprint density at radius 2 is 2.28 bits per heavy atom. The van der Waals surface area contributed by atoms with E-state index in [1.807, 2.05) is 37.4 Å². The van der Waals surface area contributed by atoms with Crippen LogP contribution in [0.5, 0.6) is 5.75 Å². The number of aromatic nitrogens is 3. The van der Waals surface area contributed by atoms with Crippen LogP contribution < -0.4 is 10.5 Å². The summed E-state index contributed by atoms with van der Waals surface area (Å²) in [6.07, 6.45) is 3.44. The second-order valence-corrected chi connectivity index (χ2v) is 6.25. The average Bonchev–Trinajstić information content (AvgIpc) is 3.17. The summed E-state index contributed by atoms with van der Waals surface area (Å²) in [5, 5.41) is 14.1. The molecule has 3 aromatic heterocycles. The molecule has 2 atom stereocenters. The number of aliphatic hydroxyl groups is 1. The van der Waals surface area contributed by atoms with Crippen LogP contribution in [0, 0.1) is 6.92 Å². The molecule has 3 N–H and O–H groups in total. The van der Waals surface area contributed by atoms with E-state index < -0.39 is 6.10 Å². The number of fused-ring (bicyclic) bond motifs is 1. The third-order valence-electron chi connectivity index (χ3n) is 4.38. The van der Waals surface area contributed by atoms with Crippen molar-refractivity contribution >= 4 is 11.3 Å². The molecule has 130 valence electrons. The number of anilines is 1. The monoisotopic (exact) mass is 340 g/mol.